The first kappa shape index (κ1) is 12.3. The molecule has 0 spiro atoms. The zero-order valence-electron chi connectivity index (χ0n) is 7.77. The van der Waals surface area contributed by atoms with Crippen molar-refractivity contribution in [3.63, 3.8) is 0 Å². The molecule has 1 heterocycles. The highest BCUT2D eigenvalue weighted by Gasteiger charge is 2.26. The predicted molar refractivity (Wildman–Crippen MR) is 55.0 cm³/mol. The van der Waals surface area contributed by atoms with Gasteiger partial charge in [0.05, 0.1) is 0 Å². The largest absolute Gasteiger partial charge is 0.310 e. The molecule has 1 rings (SSSR count). The number of aromatic nitrogens is 2. The van der Waals surface area contributed by atoms with Crippen molar-refractivity contribution in [3.8, 4) is 6.07 Å². The van der Waals surface area contributed by atoms with Gasteiger partial charge in [-0.15, -0.1) is 0 Å². The number of halogens is 2. The number of rotatable bonds is 2. The number of hydrogen-bond acceptors (Lipinski definition) is 4. The van der Waals surface area contributed by atoms with Crippen LogP contribution in [0.1, 0.15) is 5.82 Å². The van der Waals surface area contributed by atoms with Crippen molar-refractivity contribution in [1.82, 2.24) is 13.3 Å². The van der Waals surface area contributed by atoms with Crippen LogP contribution in [0.25, 0.3) is 0 Å². The van der Waals surface area contributed by atoms with Crippen molar-refractivity contribution < 1.29 is 8.42 Å². The Hall–Kier alpha value is -0.810. The van der Waals surface area contributed by atoms with E-state index in [2.05, 4.69) is 4.98 Å². The third-order valence-corrected chi connectivity index (χ3v) is 4.09. The molecule has 15 heavy (non-hydrogen) atoms. The van der Waals surface area contributed by atoms with Crippen LogP contribution in [0.2, 0.25) is 10.3 Å². The number of nitrogens with zero attached hydrogens (tertiary/aromatic N) is 4. The average molecular weight is 269 g/mol. The zero-order valence-corrected chi connectivity index (χ0v) is 10.1. The molecule has 0 bridgehead atoms. The summed E-state index contributed by atoms with van der Waals surface area (Å²) in [4.78, 5) is 3.51. The van der Waals surface area contributed by atoms with E-state index in [9.17, 15) is 8.42 Å². The van der Waals surface area contributed by atoms with Crippen LogP contribution < -0.4 is 0 Å². The highest BCUT2D eigenvalue weighted by atomic mass is 35.5. The summed E-state index contributed by atoms with van der Waals surface area (Å²) < 4.78 is 24.9. The summed E-state index contributed by atoms with van der Waals surface area (Å²) in [6.45, 7) is 0. The lowest BCUT2D eigenvalue weighted by Gasteiger charge is -2.12. The van der Waals surface area contributed by atoms with E-state index in [0.717, 1.165) is 4.31 Å². The standard InChI is InChI=1S/C6H6Cl2N4O2S/c1-11(2)15(13,14)12-4(3-9)10-5(7)6(12)8/h1-2H3. The summed E-state index contributed by atoms with van der Waals surface area (Å²) >= 11 is 11.2. The fourth-order valence-electron chi connectivity index (χ4n) is 0.806. The molecule has 0 N–H and O–H groups in total. The van der Waals surface area contributed by atoms with Gasteiger partial charge >= 0.3 is 10.2 Å². The molecule has 0 saturated heterocycles. The predicted octanol–water partition coefficient (Wildman–Crippen LogP) is 0.716. The second-order valence-corrected chi connectivity index (χ2v) is 5.39. The lowest BCUT2D eigenvalue weighted by molar-refractivity contribution is 0.510. The van der Waals surface area contributed by atoms with E-state index >= 15 is 0 Å². The van der Waals surface area contributed by atoms with Gasteiger partial charge in [0.25, 0.3) is 0 Å². The van der Waals surface area contributed by atoms with Gasteiger partial charge in [-0.25, -0.2) is 4.98 Å². The van der Waals surface area contributed by atoms with Gasteiger partial charge < -0.3 is 0 Å². The Morgan fingerprint density at radius 3 is 2.40 bits per heavy atom. The van der Waals surface area contributed by atoms with Gasteiger partial charge in [0.1, 0.15) is 6.07 Å². The molecule has 6 nitrogen and oxygen atoms in total. The van der Waals surface area contributed by atoms with Gasteiger partial charge in [0.2, 0.25) is 5.82 Å². The molecule has 82 valence electrons. The highest BCUT2D eigenvalue weighted by molar-refractivity contribution is 7.87. The number of imidazole rings is 1. The van der Waals surface area contributed by atoms with Crippen LogP contribution in [0, 0.1) is 11.3 Å². The van der Waals surface area contributed by atoms with E-state index in [0.29, 0.717) is 3.97 Å². The van der Waals surface area contributed by atoms with E-state index in [1.54, 1.807) is 6.07 Å². The van der Waals surface area contributed by atoms with E-state index in [-0.39, 0.29) is 16.1 Å². The van der Waals surface area contributed by atoms with Crippen LogP contribution in [0.4, 0.5) is 0 Å². The number of hydrogen-bond donors (Lipinski definition) is 0. The van der Waals surface area contributed by atoms with Gasteiger partial charge in [-0.3, -0.25) is 0 Å². The minimum Gasteiger partial charge on any atom is -0.204 e. The fraction of sp³-hybridized carbons (Fsp3) is 0.333. The summed E-state index contributed by atoms with van der Waals surface area (Å²) in [5, 5.41) is 8.14. The third-order valence-electron chi connectivity index (χ3n) is 1.54. The molecule has 0 fully saturated rings. The lowest BCUT2D eigenvalue weighted by atomic mass is 10.7. The van der Waals surface area contributed by atoms with Crippen molar-refractivity contribution in [1.29, 1.82) is 5.26 Å². The second-order valence-electron chi connectivity index (χ2n) is 2.68. The minimum absolute atomic E-state index is 0.223. The Kier molecular flexibility index (Phi) is 3.25. The molecular formula is C6H6Cl2N4O2S. The molecular weight excluding hydrogens is 263 g/mol. The maximum absolute atomic E-state index is 11.7. The highest BCUT2D eigenvalue weighted by Crippen LogP contribution is 2.24. The first-order valence-corrected chi connectivity index (χ1v) is 5.74. The molecule has 0 aliphatic rings. The summed E-state index contributed by atoms with van der Waals surface area (Å²) in [7, 11) is -1.27. The first-order chi connectivity index (χ1) is 6.82. The molecule has 0 saturated carbocycles. The Morgan fingerprint density at radius 1 is 1.47 bits per heavy atom. The molecule has 0 amide bonds. The second kappa shape index (κ2) is 3.98. The number of nitriles is 1. The Balaban J connectivity index is 3.59. The van der Waals surface area contributed by atoms with Crippen LogP contribution in [0.15, 0.2) is 0 Å². The summed E-state index contributed by atoms with van der Waals surface area (Å²) in [6, 6.07) is 1.60. The smallest absolute Gasteiger partial charge is 0.204 e. The molecule has 1 aromatic rings. The van der Waals surface area contributed by atoms with E-state index in [4.69, 9.17) is 28.5 Å². The maximum atomic E-state index is 11.7. The zero-order chi connectivity index (χ0) is 11.8. The lowest BCUT2D eigenvalue weighted by Crippen LogP contribution is -2.29. The van der Waals surface area contributed by atoms with Crippen LogP contribution in [-0.2, 0) is 10.2 Å². The van der Waals surface area contributed by atoms with Gasteiger partial charge in [-0.1, -0.05) is 23.2 Å². The monoisotopic (exact) mass is 268 g/mol. The molecule has 0 aliphatic heterocycles. The normalized spacial score (nSPS) is 11.7. The van der Waals surface area contributed by atoms with Crippen molar-refractivity contribution in [2.75, 3.05) is 14.1 Å². The van der Waals surface area contributed by atoms with Gasteiger partial charge in [0.15, 0.2) is 10.3 Å². The van der Waals surface area contributed by atoms with E-state index in [1.165, 1.54) is 14.1 Å². The summed E-state index contributed by atoms with van der Waals surface area (Å²) in [5.74, 6) is -0.376. The van der Waals surface area contributed by atoms with Crippen LogP contribution >= 0.6 is 23.2 Å². The minimum atomic E-state index is -3.88. The van der Waals surface area contributed by atoms with Crippen LogP contribution in [-0.4, -0.2) is 35.8 Å². The van der Waals surface area contributed by atoms with Gasteiger partial charge in [0, 0.05) is 14.1 Å². The van der Waals surface area contributed by atoms with Gasteiger partial charge in [-0.2, -0.15) is 22.0 Å². The van der Waals surface area contributed by atoms with E-state index < -0.39 is 10.2 Å². The topological polar surface area (TPSA) is 79.0 Å². The van der Waals surface area contributed by atoms with Crippen LogP contribution in [0.3, 0.4) is 0 Å². The average Bonchev–Trinajstić information content (AvgIpc) is 2.43. The van der Waals surface area contributed by atoms with Crippen molar-refractivity contribution in [2.45, 2.75) is 0 Å². The maximum Gasteiger partial charge on any atom is 0.310 e. The van der Waals surface area contributed by atoms with Crippen molar-refractivity contribution in [3.05, 3.63) is 16.1 Å². The third kappa shape index (κ3) is 1.94. The summed E-state index contributed by atoms with van der Waals surface area (Å²) in [5.41, 5.74) is 0. The molecule has 0 radical (unpaired) electrons. The van der Waals surface area contributed by atoms with Crippen LogP contribution in [0.5, 0.6) is 0 Å². The molecule has 0 aromatic carbocycles. The molecule has 0 aliphatic carbocycles. The molecule has 1 aromatic heterocycles. The Labute approximate surface area is 96.8 Å². The van der Waals surface area contributed by atoms with Gasteiger partial charge in [-0.05, 0) is 0 Å². The quantitative estimate of drug-likeness (QED) is 0.792. The molecule has 0 unspecified atom stereocenters. The Bertz CT molecular complexity index is 528. The Morgan fingerprint density at radius 2 is 2.00 bits per heavy atom. The van der Waals surface area contributed by atoms with Crippen molar-refractivity contribution >= 4 is 33.4 Å². The SMILES string of the molecule is CN(C)S(=O)(=O)n1c(C#N)nc(Cl)c1Cl. The van der Waals surface area contributed by atoms with Crippen molar-refractivity contribution in [2.24, 2.45) is 0 Å². The molecule has 9 heteroatoms. The molecule has 0 atom stereocenters. The van der Waals surface area contributed by atoms with E-state index in [1.807, 2.05) is 0 Å². The first-order valence-electron chi connectivity index (χ1n) is 3.59. The summed E-state index contributed by atoms with van der Waals surface area (Å²) in [6.07, 6.45) is 0. The fourth-order valence-corrected chi connectivity index (χ4v) is 2.32.